The first-order chi connectivity index (χ1) is 14.6. The Balaban J connectivity index is 1.54. The van der Waals surface area contributed by atoms with Crippen molar-refractivity contribution in [1.29, 1.82) is 0 Å². The van der Waals surface area contributed by atoms with Gasteiger partial charge >= 0.3 is 0 Å². The molecule has 156 valence electrons. The molecule has 0 spiro atoms. The fourth-order valence-electron chi connectivity index (χ4n) is 4.40. The molecule has 1 aromatic heterocycles. The van der Waals surface area contributed by atoms with E-state index in [1.807, 2.05) is 43.3 Å². The van der Waals surface area contributed by atoms with Crippen molar-refractivity contribution in [3.63, 3.8) is 0 Å². The van der Waals surface area contributed by atoms with Gasteiger partial charge in [0.2, 0.25) is 5.43 Å². The van der Waals surface area contributed by atoms with Gasteiger partial charge in [0.1, 0.15) is 29.6 Å². The zero-order chi connectivity index (χ0) is 20.7. The average molecular weight is 407 g/mol. The summed E-state index contributed by atoms with van der Waals surface area (Å²) in [6.07, 6.45) is 2.44. The molecule has 2 aliphatic rings. The quantitative estimate of drug-likeness (QED) is 0.649. The highest BCUT2D eigenvalue weighted by Gasteiger charge is 2.26. The molecule has 0 amide bonds. The van der Waals surface area contributed by atoms with Crippen LogP contribution in [0.1, 0.15) is 24.2 Å². The van der Waals surface area contributed by atoms with Crippen molar-refractivity contribution in [1.82, 2.24) is 4.90 Å². The molecule has 2 aliphatic heterocycles. The Bertz CT molecular complexity index is 1130. The van der Waals surface area contributed by atoms with Gasteiger partial charge in [-0.05, 0) is 49.6 Å². The summed E-state index contributed by atoms with van der Waals surface area (Å²) in [7, 11) is 1.62. The molecule has 5 rings (SSSR count). The number of nitrogens with zero attached hydrogens (tertiary/aromatic N) is 1. The van der Waals surface area contributed by atoms with E-state index < -0.39 is 0 Å². The molecule has 0 saturated carbocycles. The lowest BCUT2D eigenvalue weighted by Crippen LogP contribution is -2.37. The number of aryl methyl sites for hydroxylation is 1. The number of ether oxygens (including phenoxy) is 3. The van der Waals surface area contributed by atoms with E-state index in [2.05, 4.69) is 4.90 Å². The van der Waals surface area contributed by atoms with Crippen LogP contribution in [0.5, 0.6) is 11.5 Å². The highest BCUT2D eigenvalue weighted by Crippen LogP contribution is 2.34. The second kappa shape index (κ2) is 7.78. The molecule has 3 heterocycles. The van der Waals surface area contributed by atoms with Crippen molar-refractivity contribution in [2.24, 2.45) is 0 Å². The maximum Gasteiger partial charge on any atom is 0.200 e. The van der Waals surface area contributed by atoms with Gasteiger partial charge in [0.25, 0.3) is 0 Å². The van der Waals surface area contributed by atoms with Gasteiger partial charge in [0.05, 0.1) is 29.7 Å². The molecule has 0 N–H and O–H groups in total. The summed E-state index contributed by atoms with van der Waals surface area (Å²) in [6, 6.07) is 11.2. The molecule has 0 radical (unpaired) electrons. The highest BCUT2D eigenvalue weighted by molar-refractivity contribution is 5.86. The summed E-state index contributed by atoms with van der Waals surface area (Å²) in [5.41, 5.74) is 2.91. The molecular weight excluding hydrogens is 382 g/mol. The van der Waals surface area contributed by atoms with Crippen LogP contribution >= 0.6 is 0 Å². The lowest BCUT2D eigenvalue weighted by Gasteiger charge is -2.30. The number of hydrogen-bond acceptors (Lipinski definition) is 6. The fraction of sp³-hybridized carbons (Fsp3) is 0.375. The summed E-state index contributed by atoms with van der Waals surface area (Å²) < 4.78 is 23.2. The average Bonchev–Trinajstić information content (AvgIpc) is 3.27. The SMILES string of the molecule is COc1ccc(-c2c(C)oc3c4c(ccc3c2=O)OCN(CC2CCCO2)C4)cc1. The minimum absolute atomic E-state index is 0.0297. The first kappa shape index (κ1) is 19.2. The molecule has 1 unspecified atom stereocenters. The lowest BCUT2D eigenvalue weighted by molar-refractivity contribution is 0.0281. The largest absolute Gasteiger partial charge is 0.497 e. The zero-order valence-electron chi connectivity index (χ0n) is 17.3. The Hall–Kier alpha value is -2.83. The number of methoxy groups -OCH3 is 1. The lowest BCUT2D eigenvalue weighted by atomic mass is 10.0. The number of rotatable bonds is 4. The van der Waals surface area contributed by atoms with Crippen LogP contribution in [0.25, 0.3) is 22.1 Å². The van der Waals surface area contributed by atoms with Gasteiger partial charge in [-0.2, -0.15) is 0 Å². The molecule has 6 heteroatoms. The van der Waals surface area contributed by atoms with Gasteiger partial charge in [0, 0.05) is 19.7 Å². The normalized spacial score (nSPS) is 18.9. The third-order valence-electron chi connectivity index (χ3n) is 5.95. The van der Waals surface area contributed by atoms with E-state index in [0.717, 1.165) is 48.6 Å². The number of benzene rings is 2. The van der Waals surface area contributed by atoms with Gasteiger partial charge in [-0.1, -0.05) is 12.1 Å². The number of hydrogen-bond donors (Lipinski definition) is 0. The molecule has 1 atom stereocenters. The summed E-state index contributed by atoms with van der Waals surface area (Å²) in [4.78, 5) is 15.6. The second-order valence-corrected chi connectivity index (χ2v) is 7.93. The molecule has 0 aliphatic carbocycles. The van der Waals surface area contributed by atoms with Crippen LogP contribution in [-0.2, 0) is 11.3 Å². The standard InChI is InChI=1S/C24H25NO5/c1-15-22(16-5-7-17(27-2)8-6-16)23(26)19-9-10-21-20(24(19)30-15)13-25(14-29-21)12-18-4-3-11-28-18/h5-10,18H,3-4,11-14H2,1-2H3. The maximum absolute atomic E-state index is 13.4. The van der Waals surface area contributed by atoms with Gasteiger partial charge in [-0.15, -0.1) is 0 Å². The molecule has 6 nitrogen and oxygen atoms in total. The Morgan fingerprint density at radius 3 is 2.73 bits per heavy atom. The van der Waals surface area contributed by atoms with Crippen LogP contribution in [0.15, 0.2) is 45.6 Å². The summed E-state index contributed by atoms with van der Waals surface area (Å²) in [6.45, 7) is 4.69. The van der Waals surface area contributed by atoms with Crippen LogP contribution in [0, 0.1) is 6.92 Å². The molecule has 3 aromatic rings. The van der Waals surface area contributed by atoms with Crippen LogP contribution in [0.4, 0.5) is 0 Å². The van der Waals surface area contributed by atoms with Crippen molar-refractivity contribution in [3.8, 4) is 22.6 Å². The van der Waals surface area contributed by atoms with Crippen LogP contribution in [0.3, 0.4) is 0 Å². The van der Waals surface area contributed by atoms with E-state index in [9.17, 15) is 4.79 Å². The molecule has 0 bridgehead atoms. The first-order valence-electron chi connectivity index (χ1n) is 10.3. The smallest absolute Gasteiger partial charge is 0.200 e. The van der Waals surface area contributed by atoms with Crippen LogP contribution in [0.2, 0.25) is 0 Å². The van der Waals surface area contributed by atoms with Crippen molar-refractivity contribution < 1.29 is 18.6 Å². The van der Waals surface area contributed by atoms with E-state index in [1.165, 1.54) is 0 Å². The summed E-state index contributed by atoms with van der Waals surface area (Å²) >= 11 is 0. The summed E-state index contributed by atoms with van der Waals surface area (Å²) in [5.74, 6) is 2.13. The van der Waals surface area contributed by atoms with Crippen molar-refractivity contribution in [3.05, 3.63) is 57.9 Å². The highest BCUT2D eigenvalue weighted by atomic mass is 16.5. The van der Waals surface area contributed by atoms with Gasteiger partial charge in [-0.3, -0.25) is 9.69 Å². The summed E-state index contributed by atoms with van der Waals surface area (Å²) in [5, 5.41) is 0.577. The second-order valence-electron chi connectivity index (χ2n) is 7.93. The fourth-order valence-corrected chi connectivity index (χ4v) is 4.40. The van der Waals surface area contributed by atoms with Crippen molar-refractivity contribution in [2.75, 3.05) is 27.0 Å². The topological polar surface area (TPSA) is 61.1 Å². The third kappa shape index (κ3) is 3.36. The Morgan fingerprint density at radius 2 is 2.00 bits per heavy atom. The molecule has 30 heavy (non-hydrogen) atoms. The Morgan fingerprint density at radius 1 is 1.17 bits per heavy atom. The third-order valence-corrected chi connectivity index (χ3v) is 5.95. The predicted molar refractivity (Wildman–Crippen MR) is 114 cm³/mol. The molecule has 2 aromatic carbocycles. The van der Waals surface area contributed by atoms with E-state index in [1.54, 1.807) is 7.11 Å². The minimum Gasteiger partial charge on any atom is -0.497 e. The van der Waals surface area contributed by atoms with E-state index in [0.29, 0.717) is 35.6 Å². The Kier molecular flexibility index (Phi) is 4.97. The van der Waals surface area contributed by atoms with Gasteiger partial charge < -0.3 is 18.6 Å². The maximum atomic E-state index is 13.4. The van der Waals surface area contributed by atoms with Crippen molar-refractivity contribution in [2.45, 2.75) is 32.4 Å². The van der Waals surface area contributed by atoms with E-state index >= 15 is 0 Å². The molecule has 1 fully saturated rings. The number of fused-ring (bicyclic) bond motifs is 3. The zero-order valence-corrected chi connectivity index (χ0v) is 17.3. The van der Waals surface area contributed by atoms with Crippen LogP contribution in [-0.4, -0.2) is 38.0 Å². The van der Waals surface area contributed by atoms with Gasteiger partial charge in [0.15, 0.2) is 0 Å². The van der Waals surface area contributed by atoms with E-state index in [-0.39, 0.29) is 11.5 Å². The van der Waals surface area contributed by atoms with E-state index in [4.69, 9.17) is 18.6 Å². The Labute approximate surface area is 175 Å². The van der Waals surface area contributed by atoms with Crippen LogP contribution < -0.4 is 14.9 Å². The van der Waals surface area contributed by atoms with Crippen molar-refractivity contribution >= 4 is 11.0 Å². The molecular formula is C24H25NO5. The predicted octanol–water partition coefficient (Wildman–Crippen LogP) is 4.11. The minimum atomic E-state index is -0.0297. The first-order valence-corrected chi connectivity index (χ1v) is 10.3. The molecule has 1 saturated heterocycles. The van der Waals surface area contributed by atoms with Gasteiger partial charge in [-0.25, -0.2) is 0 Å². The monoisotopic (exact) mass is 407 g/mol.